The number of hydrogen-bond acceptors (Lipinski definition) is 5. The van der Waals surface area contributed by atoms with Crippen molar-refractivity contribution in [3.05, 3.63) is 12.7 Å². The molecule has 7 heteroatoms. The molecule has 0 fully saturated rings. The minimum Gasteiger partial charge on any atom is -0.383 e. The van der Waals surface area contributed by atoms with Gasteiger partial charge in [-0.1, -0.05) is 15.9 Å². The van der Waals surface area contributed by atoms with Crippen molar-refractivity contribution in [1.29, 1.82) is 0 Å². The first-order valence-electron chi connectivity index (χ1n) is 5.30. The van der Waals surface area contributed by atoms with Crippen LogP contribution in [-0.2, 0) is 4.74 Å². The number of ether oxygens (including phenoxy) is 1. The predicted molar refractivity (Wildman–Crippen MR) is 69.6 cm³/mol. The van der Waals surface area contributed by atoms with Crippen molar-refractivity contribution >= 4 is 32.9 Å². The second-order valence-corrected chi connectivity index (χ2v) is 4.26. The summed E-state index contributed by atoms with van der Waals surface area (Å²) in [6, 6.07) is 0. The minimum atomic E-state index is 0.659. The lowest BCUT2D eigenvalue weighted by Gasteiger charge is -2.22. The number of imidazole rings is 1. The average Bonchev–Trinajstić information content (AvgIpc) is 2.82. The number of H-pyrrole nitrogens is 1. The molecule has 17 heavy (non-hydrogen) atoms. The molecule has 0 amide bonds. The summed E-state index contributed by atoms with van der Waals surface area (Å²) in [5.74, 6) is 0.865. The van der Waals surface area contributed by atoms with Gasteiger partial charge in [-0.25, -0.2) is 15.0 Å². The highest BCUT2D eigenvalue weighted by Crippen LogP contribution is 2.19. The van der Waals surface area contributed by atoms with Crippen molar-refractivity contribution < 1.29 is 4.74 Å². The van der Waals surface area contributed by atoms with E-state index in [1.165, 1.54) is 6.33 Å². The zero-order chi connectivity index (χ0) is 12.1. The van der Waals surface area contributed by atoms with Crippen LogP contribution in [0.25, 0.3) is 11.2 Å². The third-order valence-corrected chi connectivity index (χ3v) is 2.78. The Bertz CT molecular complexity index is 474. The highest BCUT2D eigenvalue weighted by atomic mass is 79.9. The predicted octanol–water partition coefficient (Wildman–Crippen LogP) is 1.20. The van der Waals surface area contributed by atoms with Crippen LogP contribution in [0.15, 0.2) is 12.7 Å². The van der Waals surface area contributed by atoms with Crippen molar-refractivity contribution in [2.45, 2.75) is 0 Å². The van der Waals surface area contributed by atoms with E-state index in [0.29, 0.717) is 12.3 Å². The molecule has 0 aliphatic heterocycles. The van der Waals surface area contributed by atoms with Gasteiger partial charge in [-0.3, -0.25) is 0 Å². The molecule has 0 radical (unpaired) electrons. The third-order valence-electron chi connectivity index (χ3n) is 2.42. The van der Waals surface area contributed by atoms with E-state index in [1.807, 2.05) is 0 Å². The number of fused-ring (bicyclic) bond motifs is 1. The van der Waals surface area contributed by atoms with E-state index in [1.54, 1.807) is 13.4 Å². The van der Waals surface area contributed by atoms with Gasteiger partial charge in [0, 0.05) is 25.5 Å². The molecule has 0 saturated carbocycles. The summed E-state index contributed by atoms with van der Waals surface area (Å²) in [4.78, 5) is 17.8. The van der Waals surface area contributed by atoms with Gasteiger partial charge in [0.15, 0.2) is 11.5 Å². The maximum absolute atomic E-state index is 5.11. The monoisotopic (exact) mass is 299 g/mol. The van der Waals surface area contributed by atoms with Crippen LogP contribution in [0, 0.1) is 0 Å². The normalized spacial score (nSPS) is 10.9. The van der Waals surface area contributed by atoms with Crippen molar-refractivity contribution in [3.8, 4) is 0 Å². The Morgan fingerprint density at radius 3 is 3.00 bits per heavy atom. The van der Waals surface area contributed by atoms with Gasteiger partial charge in [-0.05, 0) is 0 Å². The summed E-state index contributed by atoms with van der Waals surface area (Å²) >= 11 is 3.44. The molecular weight excluding hydrogens is 286 g/mol. The van der Waals surface area contributed by atoms with Crippen molar-refractivity contribution in [1.82, 2.24) is 19.9 Å². The molecule has 0 spiro atoms. The highest BCUT2D eigenvalue weighted by molar-refractivity contribution is 9.09. The molecule has 2 rings (SSSR count). The van der Waals surface area contributed by atoms with Crippen LogP contribution < -0.4 is 4.90 Å². The lowest BCUT2D eigenvalue weighted by atomic mass is 10.4. The third kappa shape index (κ3) is 2.73. The summed E-state index contributed by atoms with van der Waals surface area (Å²) in [7, 11) is 1.69. The Labute approximate surface area is 108 Å². The number of alkyl halides is 1. The number of rotatable bonds is 6. The molecule has 2 aromatic heterocycles. The van der Waals surface area contributed by atoms with Crippen LogP contribution in [-0.4, -0.2) is 52.1 Å². The van der Waals surface area contributed by atoms with Crippen LogP contribution in [0.5, 0.6) is 0 Å². The number of aromatic nitrogens is 4. The van der Waals surface area contributed by atoms with Crippen LogP contribution in [0.2, 0.25) is 0 Å². The fourth-order valence-electron chi connectivity index (χ4n) is 1.62. The Balaban J connectivity index is 2.30. The van der Waals surface area contributed by atoms with Gasteiger partial charge in [0.1, 0.15) is 11.8 Å². The topological polar surface area (TPSA) is 66.9 Å². The number of anilines is 1. The number of aromatic amines is 1. The first-order valence-corrected chi connectivity index (χ1v) is 6.43. The standard InChI is InChI=1S/C10H14BrN5O/c1-17-5-4-16(3-2-11)10-8-9(13-6-12-8)14-7-15-10/h6-7H,2-5H2,1H3,(H,12,13,14,15). The summed E-state index contributed by atoms with van der Waals surface area (Å²) in [5, 5.41) is 0.871. The van der Waals surface area contributed by atoms with E-state index in [9.17, 15) is 0 Å². The van der Waals surface area contributed by atoms with E-state index in [2.05, 4.69) is 40.8 Å². The summed E-state index contributed by atoms with van der Waals surface area (Å²) < 4.78 is 5.11. The highest BCUT2D eigenvalue weighted by Gasteiger charge is 2.12. The number of nitrogens with zero attached hydrogens (tertiary/aromatic N) is 4. The van der Waals surface area contributed by atoms with Gasteiger partial charge in [0.05, 0.1) is 12.9 Å². The van der Waals surface area contributed by atoms with Crippen molar-refractivity contribution in [2.75, 3.05) is 37.0 Å². The second-order valence-electron chi connectivity index (χ2n) is 3.47. The number of nitrogens with one attached hydrogen (secondary N) is 1. The summed E-state index contributed by atoms with van der Waals surface area (Å²) in [6.07, 6.45) is 3.16. The second kappa shape index (κ2) is 5.92. The molecule has 2 heterocycles. The van der Waals surface area contributed by atoms with Gasteiger partial charge in [0.25, 0.3) is 0 Å². The maximum atomic E-state index is 5.11. The molecular formula is C10H14BrN5O. The van der Waals surface area contributed by atoms with Crippen LogP contribution >= 0.6 is 15.9 Å². The Morgan fingerprint density at radius 1 is 1.35 bits per heavy atom. The minimum absolute atomic E-state index is 0.659. The van der Waals surface area contributed by atoms with E-state index in [4.69, 9.17) is 4.74 Å². The van der Waals surface area contributed by atoms with Crippen molar-refractivity contribution in [2.24, 2.45) is 0 Å². The van der Waals surface area contributed by atoms with Crippen LogP contribution in [0.3, 0.4) is 0 Å². The van der Waals surface area contributed by atoms with Crippen LogP contribution in [0.1, 0.15) is 0 Å². The number of methoxy groups -OCH3 is 1. The zero-order valence-electron chi connectivity index (χ0n) is 9.56. The molecule has 0 atom stereocenters. The lowest BCUT2D eigenvalue weighted by molar-refractivity contribution is 0.205. The summed E-state index contributed by atoms with van der Waals surface area (Å²) in [6.45, 7) is 2.30. The number of hydrogen-bond donors (Lipinski definition) is 1. The van der Waals surface area contributed by atoms with Gasteiger partial charge in [0.2, 0.25) is 0 Å². The molecule has 92 valence electrons. The van der Waals surface area contributed by atoms with Gasteiger partial charge in [-0.2, -0.15) is 0 Å². The molecule has 0 aliphatic carbocycles. The molecule has 0 aromatic carbocycles. The van der Waals surface area contributed by atoms with E-state index < -0.39 is 0 Å². The Kier molecular flexibility index (Phi) is 4.27. The lowest BCUT2D eigenvalue weighted by Crippen LogP contribution is -2.30. The maximum Gasteiger partial charge on any atom is 0.182 e. The molecule has 6 nitrogen and oxygen atoms in total. The first-order chi connectivity index (χ1) is 8.36. The molecule has 1 N–H and O–H groups in total. The SMILES string of the molecule is COCCN(CCBr)c1ncnc2nc[nH]c12. The zero-order valence-corrected chi connectivity index (χ0v) is 11.1. The van der Waals surface area contributed by atoms with E-state index in [-0.39, 0.29) is 0 Å². The Hall–Kier alpha value is -1.21. The van der Waals surface area contributed by atoms with Gasteiger partial charge >= 0.3 is 0 Å². The molecule has 0 bridgehead atoms. The molecule has 0 aliphatic rings. The first kappa shape index (κ1) is 12.3. The molecule has 0 saturated heterocycles. The Morgan fingerprint density at radius 2 is 2.24 bits per heavy atom. The smallest absolute Gasteiger partial charge is 0.182 e. The largest absolute Gasteiger partial charge is 0.383 e. The van der Waals surface area contributed by atoms with Crippen molar-refractivity contribution in [3.63, 3.8) is 0 Å². The van der Waals surface area contributed by atoms with E-state index in [0.717, 1.165) is 29.8 Å². The van der Waals surface area contributed by atoms with E-state index >= 15 is 0 Å². The fraction of sp³-hybridized carbons (Fsp3) is 0.500. The average molecular weight is 300 g/mol. The summed E-state index contributed by atoms with van der Waals surface area (Å²) in [5.41, 5.74) is 1.55. The van der Waals surface area contributed by atoms with Gasteiger partial charge in [-0.15, -0.1) is 0 Å². The van der Waals surface area contributed by atoms with Crippen LogP contribution in [0.4, 0.5) is 5.82 Å². The quantitative estimate of drug-likeness (QED) is 0.812. The molecule has 0 unspecified atom stereocenters. The number of halogens is 1. The fourth-order valence-corrected chi connectivity index (χ4v) is 2.05. The van der Waals surface area contributed by atoms with Gasteiger partial charge < -0.3 is 14.6 Å². The molecule has 2 aromatic rings.